The molecule has 2 aromatic rings. The van der Waals surface area contributed by atoms with Gasteiger partial charge in [0.1, 0.15) is 0 Å². The third kappa shape index (κ3) is 2.92. The van der Waals surface area contributed by atoms with Crippen LogP contribution in [0.4, 0.5) is 0 Å². The van der Waals surface area contributed by atoms with Gasteiger partial charge in [-0.3, -0.25) is 4.68 Å². The van der Waals surface area contributed by atoms with E-state index in [1.165, 1.54) is 5.69 Å². The van der Waals surface area contributed by atoms with Crippen molar-refractivity contribution in [3.63, 3.8) is 0 Å². The van der Waals surface area contributed by atoms with Crippen LogP contribution in [0.3, 0.4) is 0 Å². The molecule has 1 unspecified atom stereocenters. The topological polar surface area (TPSA) is 29.9 Å². The summed E-state index contributed by atoms with van der Waals surface area (Å²) in [6.07, 6.45) is 0.831. The minimum Gasteiger partial charge on any atom is -0.313 e. The molecule has 0 bridgehead atoms. The van der Waals surface area contributed by atoms with Gasteiger partial charge in [0.25, 0.3) is 0 Å². The smallest absolute Gasteiger partial charge is 0.0738 e. The highest BCUT2D eigenvalue weighted by atomic mass is 79.9. The van der Waals surface area contributed by atoms with Crippen LogP contribution < -0.4 is 5.32 Å². The van der Waals surface area contributed by atoms with Crippen molar-refractivity contribution in [2.75, 3.05) is 7.05 Å². The molecule has 108 valence electrons. The van der Waals surface area contributed by atoms with Crippen LogP contribution >= 0.6 is 27.5 Å². The molecule has 20 heavy (non-hydrogen) atoms. The Kier molecular flexibility index (Phi) is 4.89. The summed E-state index contributed by atoms with van der Waals surface area (Å²) in [5.74, 6) is 0. The summed E-state index contributed by atoms with van der Waals surface area (Å²) in [7, 11) is 3.93. The summed E-state index contributed by atoms with van der Waals surface area (Å²) in [6.45, 7) is 4.03. The molecule has 0 aliphatic heterocycles. The normalized spacial score (nSPS) is 12.7. The molecule has 2 rings (SSSR count). The Balaban J connectivity index is 2.36. The maximum atomic E-state index is 6.44. The second kappa shape index (κ2) is 6.29. The van der Waals surface area contributed by atoms with E-state index >= 15 is 0 Å². The Morgan fingerprint density at radius 2 is 2.10 bits per heavy atom. The first-order valence-electron chi connectivity index (χ1n) is 6.56. The maximum absolute atomic E-state index is 6.44. The van der Waals surface area contributed by atoms with E-state index in [1.807, 2.05) is 44.8 Å². The van der Waals surface area contributed by atoms with E-state index < -0.39 is 0 Å². The van der Waals surface area contributed by atoms with E-state index in [-0.39, 0.29) is 6.04 Å². The predicted molar refractivity (Wildman–Crippen MR) is 87.3 cm³/mol. The van der Waals surface area contributed by atoms with Crippen molar-refractivity contribution in [3.8, 4) is 0 Å². The van der Waals surface area contributed by atoms with Crippen LogP contribution in [0.2, 0.25) is 5.02 Å². The lowest BCUT2D eigenvalue weighted by Crippen LogP contribution is -2.21. The fourth-order valence-corrected chi connectivity index (χ4v) is 3.16. The van der Waals surface area contributed by atoms with Crippen molar-refractivity contribution in [1.82, 2.24) is 15.1 Å². The van der Waals surface area contributed by atoms with Gasteiger partial charge in [0, 0.05) is 24.5 Å². The maximum Gasteiger partial charge on any atom is 0.0738 e. The molecule has 1 aromatic carbocycles. The number of hydrogen-bond donors (Lipinski definition) is 1. The second-order valence-electron chi connectivity index (χ2n) is 4.99. The van der Waals surface area contributed by atoms with Crippen molar-refractivity contribution in [1.29, 1.82) is 0 Å². The van der Waals surface area contributed by atoms with Gasteiger partial charge in [-0.2, -0.15) is 5.10 Å². The average molecular weight is 357 g/mol. The van der Waals surface area contributed by atoms with Crippen molar-refractivity contribution >= 4 is 27.5 Å². The molecular formula is C15H19BrClN3. The van der Waals surface area contributed by atoms with Crippen LogP contribution in [0.15, 0.2) is 22.7 Å². The highest BCUT2D eigenvalue weighted by molar-refractivity contribution is 9.10. The zero-order valence-corrected chi connectivity index (χ0v) is 14.5. The van der Waals surface area contributed by atoms with Crippen molar-refractivity contribution in [3.05, 3.63) is 50.2 Å². The molecule has 0 amide bonds. The van der Waals surface area contributed by atoms with Gasteiger partial charge in [-0.1, -0.05) is 29.8 Å². The fourth-order valence-electron chi connectivity index (χ4n) is 2.40. The zero-order valence-electron chi connectivity index (χ0n) is 12.2. The van der Waals surface area contributed by atoms with Crippen LogP contribution in [-0.4, -0.2) is 16.8 Å². The van der Waals surface area contributed by atoms with E-state index in [4.69, 9.17) is 11.6 Å². The second-order valence-corrected chi connectivity index (χ2v) is 6.16. The quantitative estimate of drug-likeness (QED) is 0.899. The van der Waals surface area contributed by atoms with Crippen molar-refractivity contribution in [2.24, 2.45) is 7.05 Å². The van der Waals surface area contributed by atoms with Crippen molar-refractivity contribution in [2.45, 2.75) is 26.3 Å². The van der Waals surface area contributed by atoms with Crippen LogP contribution in [0.5, 0.6) is 0 Å². The third-order valence-electron chi connectivity index (χ3n) is 3.60. The van der Waals surface area contributed by atoms with Crippen LogP contribution in [0.25, 0.3) is 0 Å². The van der Waals surface area contributed by atoms with E-state index in [2.05, 4.69) is 32.4 Å². The van der Waals surface area contributed by atoms with Crippen LogP contribution in [0, 0.1) is 13.8 Å². The van der Waals surface area contributed by atoms with Gasteiger partial charge < -0.3 is 5.32 Å². The lowest BCUT2D eigenvalue weighted by atomic mass is 10.00. The standard InChI is InChI=1S/C15H19BrClN3/c1-9-6-5-7-11(15(9)17)12(18-3)8-13-14(16)10(2)19-20(13)4/h5-7,12,18H,8H2,1-4H3. The molecule has 0 aliphatic carbocycles. The summed E-state index contributed by atoms with van der Waals surface area (Å²) in [5.41, 5.74) is 4.40. The summed E-state index contributed by atoms with van der Waals surface area (Å²) >= 11 is 10.1. The molecule has 0 radical (unpaired) electrons. The average Bonchev–Trinajstić information content (AvgIpc) is 2.65. The molecular weight excluding hydrogens is 338 g/mol. The van der Waals surface area contributed by atoms with Gasteiger partial charge >= 0.3 is 0 Å². The minimum atomic E-state index is 0.161. The Morgan fingerprint density at radius 3 is 2.65 bits per heavy atom. The van der Waals surface area contributed by atoms with Crippen LogP contribution in [-0.2, 0) is 13.5 Å². The van der Waals surface area contributed by atoms with Crippen molar-refractivity contribution < 1.29 is 0 Å². The van der Waals surface area contributed by atoms with E-state index in [0.29, 0.717) is 0 Å². The summed E-state index contributed by atoms with van der Waals surface area (Å²) in [4.78, 5) is 0. The number of aromatic nitrogens is 2. The number of likely N-dealkylation sites (N-methyl/N-ethyl adjacent to an activating group) is 1. The number of nitrogens with one attached hydrogen (secondary N) is 1. The molecule has 5 heteroatoms. The largest absolute Gasteiger partial charge is 0.313 e. The Bertz CT molecular complexity index is 622. The fraction of sp³-hybridized carbons (Fsp3) is 0.400. The SMILES string of the molecule is CNC(Cc1c(Br)c(C)nn1C)c1cccc(C)c1Cl. The first-order valence-corrected chi connectivity index (χ1v) is 7.73. The molecule has 0 spiro atoms. The van der Waals surface area contributed by atoms with Gasteiger partial charge in [-0.05, 0) is 48.0 Å². The number of benzene rings is 1. The summed E-state index contributed by atoms with van der Waals surface area (Å²) in [5, 5.41) is 8.63. The van der Waals surface area contributed by atoms with Gasteiger partial charge in [0.15, 0.2) is 0 Å². The number of nitrogens with zero attached hydrogens (tertiary/aromatic N) is 2. The molecule has 0 aliphatic rings. The molecule has 0 saturated heterocycles. The Labute approximate surface area is 133 Å². The van der Waals surface area contributed by atoms with E-state index in [9.17, 15) is 0 Å². The number of halogens is 2. The first kappa shape index (κ1) is 15.5. The van der Waals surface area contributed by atoms with Gasteiger partial charge in [-0.15, -0.1) is 0 Å². The zero-order chi connectivity index (χ0) is 14.9. The Hall–Kier alpha value is -0.840. The minimum absolute atomic E-state index is 0.161. The van der Waals surface area contributed by atoms with Crippen LogP contribution in [0.1, 0.15) is 28.6 Å². The lowest BCUT2D eigenvalue weighted by molar-refractivity contribution is 0.560. The summed E-state index contributed by atoms with van der Waals surface area (Å²) < 4.78 is 3.00. The third-order valence-corrected chi connectivity index (χ3v) is 5.15. The molecule has 3 nitrogen and oxygen atoms in total. The number of aryl methyl sites for hydroxylation is 3. The monoisotopic (exact) mass is 355 g/mol. The van der Waals surface area contributed by atoms with E-state index in [0.717, 1.165) is 32.7 Å². The highest BCUT2D eigenvalue weighted by Crippen LogP contribution is 2.30. The first-order chi connectivity index (χ1) is 9.45. The van der Waals surface area contributed by atoms with Gasteiger partial charge in [-0.25, -0.2) is 0 Å². The molecule has 0 fully saturated rings. The Morgan fingerprint density at radius 1 is 1.40 bits per heavy atom. The summed E-state index contributed by atoms with van der Waals surface area (Å²) in [6, 6.07) is 6.31. The van der Waals surface area contributed by atoms with E-state index in [1.54, 1.807) is 0 Å². The molecule has 1 aromatic heterocycles. The number of hydrogen-bond acceptors (Lipinski definition) is 2. The molecule has 0 saturated carbocycles. The van der Waals surface area contributed by atoms with Gasteiger partial charge in [0.05, 0.1) is 15.9 Å². The molecule has 1 N–H and O–H groups in total. The molecule has 1 atom stereocenters. The lowest BCUT2D eigenvalue weighted by Gasteiger charge is -2.19. The van der Waals surface area contributed by atoms with Gasteiger partial charge in [0.2, 0.25) is 0 Å². The number of rotatable bonds is 4. The predicted octanol–water partition coefficient (Wildman–Crippen LogP) is 3.96. The highest BCUT2D eigenvalue weighted by Gasteiger charge is 2.19. The molecule has 1 heterocycles.